The smallest absolute Gasteiger partial charge is 0.410 e. The second-order valence-electron chi connectivity index (χ2n) is 7.00. The number of hydrogen-bond donors (Lipinski definition) is 1. The third kappa shape index (κ3) is 5.53. The van der Waals surface area contributed by atoms with Gasteiger partial charge in [0.15, 0.2) is 0 Å². The molecule has 0 spiro atoms. The Labute approximate surface area is 127 Å². The maximum Gasteiger partial charge on any atom is 0.410 e. The number of carbonyl (C=O) groups is 2. The predicted molar refractivity (Wildman–Crippen MR) is 81.8 cm³/mol. The monoisotopic (exact) mass is 299 g/mol. The van der Waals surface area contributed by atoms with Crippen LogP contribution in [0.15, 0.2) is 0 Å². The minimum atomic E-state index is -0.514. The van der Waals surface area contributed by atoms with Crippen molar-refractivity contribution in [1.29, 1.82) is 0 Å². The Kier molecular flexibility index (Phi) is 6.01. The molecule has 0 aromatic rings. The number of piperazine rings is 1. The lowest BCUT2D eigenvalue weighted by molar-refractivity contribution is -0.136. The van der Waals surface area contributed by atoms with Gasteiger partial charge >= 0.3 is 6.09 Å². The van der Waals surface area contributed by atoms with Crippen molar-refractivity contribution in [3.63, 3.8) is 0 Å². The molecule has 6 nitrogen and oxygen atoms in total. The van der Waals surface area contributed by atoms with Crippen molar-refractivity contribution in [2.75, 3.05) is 26.2 Å². The molecule has 1 aliphatic rings. The van der Waals surface area contributed by atoms with E-state index >= 15 is 0 Å². The molecule has 1 aliphatic heterocycles. The highest BCUT2D eigenvalue weighted by molar-refractivity contribution is 5.77. The quantitative estimate of drug-likeness (QED) is 0.855. The summed E-state index contributed by atoms with van der Waals surface area (Å²) in [4.78, 5) is 27.8. The molecule has 1 heterocycles. The fourth-order valence-corrected chi connectivity index (χ4v) is 2.34. The molecular weight excluding hydrogens is 270 g/mol. The van der Waals surface area contributed by atoms with Crippen LogP contribution in [0.3, 0.4) is 0 Å². The lowest BCUT2D eigenvalue weighted by Crippen LogP contribution is -2.59. The zero-order valence-corrected chi connectivity index (χ0v) is 13.9. The highest BCUT2D eigenvalue weighted by atomic mass is 16.6. The van der Waals surface area contributed by atoms with Crippen LogP contribution in [0, 0.1) is 5.92 Å². The largest absolute Gasteiger partial charge is 0.444 e. The zero-order valence-electron chi connectivity index (χ0n) is 13.9. The zero-order chi connectivity index (χ0) is 16.2. The topological polar surface area (TPSA) is 75.9 Å². The normalized spacial score (nSPS) is 19.9. The van der Waals surface area contributed by atoms with Gasteiger partial charge in [0.25, 0.3) is 0 Å². The lowest BCUT2D eigenvalue weighted by Gasteiger charge is -2.41. The van der Waals surface area contributed by atoms with Gasteiger partial charge in [0.2, 0.25) is 5.91 Å². The van der Waals surface area contributed by atoms with Crippen molar-refractivity contribution in [1.82, 2.24) is 9.80 Å². The molecule has 0 radical (unpaired) electrons. The van der Waals surface area contributed by atoms with Crippen molar-refractivity contribution >= 4 is 12.0 Å². The predicted octanol–water partition coefficient (Wildman–Crippen LogP) is 1.44. The van der Waals surface area contributed by atoms with Crippen LogP contribution in [-0.4, -0.2) is 59.6 Å². The number of nitrogens with zero attached hydrogens (tertiary/aromatic N) is 2. The van der Waals surface area contributed by atoms with Gasteiger partial charge in [-0.2, -0.15) is 0 Å². The van der Waals surface area contributed by atoms with Gasteiger partial charge in [-0.15, -0.1) is 0 Å². The van der Waals surface area contributed by atoms with E-state index in [0.29, 0.717) is 38.5 Å². The highest BCUT2D eigenvalue weighted by Crippen LogP contribution is 2.16. The Balaban J connectivity index is 2.64. The first-order chi connectivity index (χ1) is 9.64. The van der Waals surface area contributed by atoms with Gasteiger partial charge in [-0.3, -0.25) is 4.79 Å². The molecule has 122 valence electrons. The molecule has 1 saturated heterocycles. The van der Waals surface area contributed by atoms with Crippen LogP contribution in [0.4, 0.5) is 4.79 Å². The number of carbonyl (C=O) groups excluding carboxylic acids is 2. The maximum atomic E-state index is 12.2. The standard InChI is InChI=1S/C15H29N3O3/c1-11(2)8-13(19)18-7-6-17(10-12(18)9-16)14(20)21-15(3,4)5/h11-12H,6-10,16H2,1-5H3. The van der Waals surface area contributed by atoms with Crippen LogP contribution in [0.5, 0.6) is 0 Å². The molecule has 1 atom stereocenters. The van der Waals surface area contributed by atoms with Crippen LogP contribution in [0.2, 0.25) is 0 Å². The van der Waals surface area contributed by atoms with Gasteiger partial charge in [-0.1, -0.05) is 13.8 Å². The molecule has 2 amide bonds. The van der Waals surface area contributed by atoms with Crippen LogP contribution < -0.4 is 5.73 Å². The second-order valence-corrected chi connectivity index (χ2v) is 7.00. The first kappa shape index (κ1) is 17.8. The van der Waals surface area contributed by atoms with Crippen molar-refractivity contribution in [3.8, 4) is 0 Å². The van der Waals surface area contributed by atoms with E-state index in [4.69, 9.17) is 10.5 Å². The summed E-state index contributed by atoms with van der Waals surface area (Å²) in [6, 6.07) is -0.127. The van der Waals surface area contributed by atoms with Gasteiger partial charge in [-0.25, -0.2) is 4.79 Å². The molecule has 1 unspecified atom stereocenters. The lowest BCUT2D eigenvalue weighted by atomic mass is 10.1. The van der Waals surface area contributed by atoms with Gasteiger partial charge in [0, 0.05) is 32.6 Å². The molecule has 0 aliphatic carbocycles. The summed E-state index contributed by atoms with van der Waals surface area (Å²) < 4.78 is 5.37. The molecule has 1 fully saturated rings. The van der Waals surface area contributed by atoms with Crippen LogP contribution in [0.1, 0.15) is 41.0 Å². The van der Waals surface area contributed by atoms with E-state index in [1.54, 1.807) is 9.80 Å². The van der Waals surface area contributed by atoms with E-state index < -0.39 is 5.60 Å². The number of amides is 2. The van der Waals surface area contributed by atoms with Crippen molar-refractivity contribution in [2.45, 2.75) is 52.7 Å². The SMILES string of the molecule is CC(C)CC(=O)N1CCN(C(=O)OC(C)(C)C)CC1CN. The summed E-state index contributed by atoms with van der Waals surface area (Å²) in [5, 5.41) is 0. The fraction of sp³-hybridized carbons (Fsp3) is 0.867. The molecular formula is C15H29N3O3. The first-order valence-electron chi connectivity index (χ1n) is 7.61. The van der Waals surface area contributed by atoms with Crippen LogP contribution >= 0.6 is 0 Å². The average molecular weight is 299 g/mol. The van der Waals surface area contributed by atoms with Gasteiger partial charge in [0.1, 0.15) is 5.60 Å². The average Bonchev–Trinajstić information content (AvgIpc) is 2.35. The summed E-state index contributed by atoms with van der Waals surface area (Å²) in [5.74, 6) is 0.434. The maximum absolute atomic E-state index is 12.2. The van der Waals surface area contributed by atoms with Gasteiger partial charge < -0.3 is 20.3 Å². The molecule has 0 aromatic heterocycles. The Hall–Kier alpha value is -1.30. The summed E-state index contributed by atoms with van der Waals surface area (Å²) in [6.07, 6.45) is 0.181. The third-order valence-electron chi connectivity index (χ3n) is 3.31. The second kappa shape index (κ2) is 7.11. The van der Waals surface area contributed by atoms with Crippen LogP contribution in [0.25, 0.3) is 0 Å². The molecule has 0 aromatic carbocycles. The molecule has 2 N–H and O–H groups in total. The Bertz CT molecular complexity index is 377. The number of rotatable bonds is 3. The van der Waals surface area contributed by atoms with E-state index in [2.05, 4.69) is 0 Å². The molecule has 6 heteroatoms. The fourth-order valence-electron chi connectivity index (χ4n) is 2.34. The number of ether oxygens (including phenoxy) is 1. The highest BCUT2D eigenvalue weighted by Gasteiger charge is 2.33. The van der Waals surface area contributed by atoms with E-state index in [1.807, 2.05) is 34.6 Å². The van der Waals surface area contributed by atoms with Crippen molar-refractivity contribution < 1.29 is 14.3 Å². The van der Waals surface area contributed by atoms with Crippen molar-refractivity contribution in [2.24, 2.45) is 11.7 Å². The summed E-state index contributed by atoms with van der Waals surface area (Å²) in [7, 11) is 0. The molecule has 1 rings (SSSR count). The summed E-state index contributed by atoms with van der Waals surface area (Å²) in [5.41, 5.74) is 5.27. The van der Waals surface area contributed by atoms with Gasteiger partial charge in [0.05, 0.1) is 6.04 Å². The molecule has 0 bridgehead atoms. The molecule has 21 heavy (non-hydrogen) atoms. The van der Waals surface area contributed by atoms with E-state index in [-0.39, 0.29) is 18.0 Å². The van der Waals surface area contributed by atoms with E-state index in [1.165, 1.54) is 0 Å². The minimum absolute atomic E-state index is 0.115. The van der Waals surface area contributed by atoms with Gasteiger partial charge in [-0.05, 0) is 26.7 Å². The number of nitrogens with two attached hydrogens (primary N) is 1. The third-order valence-corrected chi connectivity index (χ3v) is 3.31. The Morgan fingerprint density at radius 1 is 1.29 bits per heavy atom. The number of hydrogen-bond acceptors (Lipinski definition) is 4. The van der Waals surface area contributed by atoms with E-state index in [0.717, 1.165) is 0 Å². The van der Waals surface area contributed by atoms with E-state index in [9.17, 15) is 9.59 Å². The molecule has 0 saturated carbocycles. The van der Waals surface area contributed by atoms with Crippen molar-refractivity contribution in [3.05, 3.63) is 0 Å². The summed E-state index contributed by atoms with van der Waals surface area (Å²) >= 11 is 0. The van der Waals surface area contributed by atoms with Crippen LogP contribution in [-0.2, 0) is 9.53 Å². The minimum Gasteiger partial charge on any atom is -0.444 e. The Morgan fingerprint density at radius 3 is 2.38 bits per heavy atom. The first-order valence-corrected chi connectivity index (χ1v) is 7.61. The Morgan fingerprint density at radius 2 is 1.90 bits per heavy atom. The summed E-state index contributed by atoms with van der Waals surface area (Å²) in [6.45, 7) is 11.4.